The molecule has 5 nitrogen and oxygen atoms in total. The van der Waals surface area contributed by atoms with E-state index in [9.17, 15) is 9.59 Å². The maximum absolute atomic E-state index is 13.3. The van der Waals surface area contributed by atoms with Crippen LogP contribution in [0.5, 0.6) is 0 Å². The van der Waals surface area contributed by atoms with E-state index in [0.717, 1.165) is 11.3 Å². The zero-order valence-corrected chi connectivity index (χ0v) is 19.4. The van der Waals surface area contributed by atoms with Crippen molar-refractivity contribution in [1.82, 2.24) is 14.5 Å². The average Bonchev–Trinajstić information content (AvgIpc) is 2.66. The summed E-state index contributed by atoms with van der Waals surface area (Å²) >= 11 is 7.39. The number of benzene rings is 2. The van der Waals surface area contributed by atoms with Gasteiger partial charge in [-0.15, -0.1) is 0 Å². The molecule has 0 atom stereocenters. The Labute approximate surface area is 186 Å². The lowest BCUT2D eigenvalue weighted by Crippen LogP contribution is -2.43. The molecule has 1 heterocycles. The van der Waals surface area contributed by atoms with E-state index in [2.05, 4.69) is 4.98 Å². The van der Waals surface area contributed by atoms with Gasteiger partial charge in [0.25, 0.3) is 5.56 Å². The van der Waals surface area contributed by atoms with Crippen LogP contribution in [-0.2, 0) is 4.79 Å². The minimum atomic E-state index is -0.181. The van der Waals surface area contributed by atoms with E-state index >= 15 is 0 Å². The molecule has 2 aromatic carbocycles. The lowest BCUT2D eigenvalue weighted by atomic mass is 10.2. The number of halogens is 1. The Balaban J connectivity index is 2.07. The van der Waals surface area contributed by atoms with Crippen LogP contribution in [0, 0.1) is 6.92 Å². The average molecular weight is 444 g/mol. The molecule has 3 rings (SSSR count). The number of carbonyl (C=O) groups excluding carboxylic acids is 1. The molecule has 158 valence electrons. The molecule has 0 aliphatic heterocycles. The van der Waals surface area contributed by atoms with Crippen molar-refractivity contribution in [3.05, 3.63) is 63.4 Å². The first kappa shape index (κ1) is 22.4. The highest BCUT2D eigenvalue weighted by Gasteiger charge is 2.22. The number of thioether (sulfide) groups is 1. The summed E-state index contributed by atoms with van der Waals surface area (Å²) in [4.78, 5) is 32.7. The summed E-state index contributed by atoms with van der Waals surface area (Å²) in [7, 11) is 0. The number of hydrogen-bond donors (Lipinski definition) is 0. The minimum Gasteiger partial charge on any atom is -0.337 e. The van der Waals surface area contributed by atoms with Crippen LogP contribution in [0.15, 0.2) is 52.4 Å². The normalized spacial score (nSPS) is 11.5. The number of aryl methyl sites for hydroxylation is 1. The van der Waals surface area contributed by atoms with Crippen molar-refractivity contribution in [1.29, 1.82) is 0 Å². The first-order chi connectivity index (χ1) is 14.2. The molecule has 0 unspecified atom stereocenters. The Morgan fingerprint density at radius 3 is 2.33 bits per heavy atom. The van der Waals surface area contributed by atoms with Crippen LogP contribution in [0.4, 0.5) is 0 Å². The summed E-state index contributed by atoms with van der Waals surface area (Å²) in [6, 6.07) is 12.9. The molecule has 0 radical (unpaired) electrons. The Hall–Kier alpha value is -2.31. The second-order valence-corrected chi connectivity index (χ2v) is 9.19. The molecule has 1 amide bonds. The third kappa shape index (κ3) is 4.71. The lowest BCUT2D eigenvalue weighted by molar-refractivity contribution is -0.131. The van der Waals surface area contributed by atoms with Gasteiger partial charge in [-0.1, -0.05) is 41.1 Å². The van der Waals surface area contributed by atoms with Gasteiger partial charge >= 0.3 is 0 Å². The largest absolute Gasteiger partial charge is 0.337 e. The molecule has 7 heteroatoms. The SMILES string of the molecule is Cc1ccc(-n2c(SCC(=O)N(C(C)C)C(C)C)nc3cc(Cl)ccc3c2=O)cc1. The van der Waals surface area contributed by atoms with Gasteiger partial charge in [0.2, 0.25) is 5.91 Å². The zero-order valence-electron chi connectivity index (χ0n) is 17.8. The van der Waals surface area contributed by atoms with Crippen molar-refractivity contribution in [2.75, 3.05) is 5.75 Å². The quantitative estimate of drug-likeness (QED) is 0.393. The molecular formula is C23H26ClN3O2S. The summed E-state index contributed by atoms with van der Waals surface area (Å²) < 4.78 is 1.57. The summed E-state index contributed by atoms with van der Waals surface area (Å²) in [6.45, 7) is 10.00. The van der Waals surface area contributed by atoms with E-state index in [-0.39, 0.29) is 29.3 Å². The van der Waals surface area contributed by atoms with Gasteiger partial charge < -0.3 is 4.90 Å². The molecule has 0 saturated heterocycles. The third-order valence-corrected chi connectivity index (χ3v) is 5.98. The van der Waals surface area contributed by atoms with Gasteiger partial charge in [-0.05, 0) is 65.0 Å². The Bertz CT molecular complexity index is 1120. The molecular weight excluding hydrogens is 418 g/mol. The predicted octanol–water partition coefficient (Wildman–Crippen LogP) is 5.09. The summed E-state index contributed by atoms with van der Waals surface area (Å²) in [6.07, 6.45) is 0. The molecule has 0 bridgehead atoms. The Morgan fingerprint density at radius 1 is 1.10 bits per heavy atom. The molecule has 1 aromatic heterocycles. The van der Waals surface area contributed by atoms with Gasteiger partial charge in [0.1, 0.15) is 0 Å². The van der Waals surface area contributed by atoms with E-state index in [1.165, 1.54) is 11.8 Å². The van der Waals surface area contributed by atoms with Crippen LogP contribution in [0.25, 0.3) is 16.6 Å². The third-order valence-electron chi connectivity index (χ3n) is 4.82. The van der Waals surface area contributed by atoms with Crippen molar-refractivity contribution in [2.45, 2.75) is 51.9 Å². The maximum Gasteiger partial charge on any atom is 0.266 e. The lowest BCUT2D eigenvalue weighted by Gasteiger charge is -2.30. The number of fused-ring (bicyclic) bond motifs is 1. The topological polar surface area (TPSA) is 55.2 Å². The monoisotopic (exact) mass is 443 g/mol. The fraction of sp³-hybridized carbons (Fsp3) is 0.348. The summed E-state index contributed by atoms with van der Waals surface area (Å²) in [5.41, 5.74) is 2.16. The number of amides is 1. The van der Waals surface area contributed by atoms with Gasteiger partial charge in [0.05, 0.1) is 22.3 Å². The van der Waals surface area contributed by atoms with E-state index < -0.39 is 0 Å². The number of rotatable bonds is 6. The molecule has 0 spiro atoms. The Morgan fingerprint density at radius 2 is 1.73 bits per heavy atom. The Kier molecular flexibility index (Phi) is 6.88. The van der Waals surface area contributed by atoms with Gasteiger partial charge in [-0.25, -0.2) is 4.98 Å². The van der Waals surface area contributed by atoms with Crippen LogP contribution in [0.1, 0.15) is 33.3 Å². The zero-order chi connectivity index (χ0) is 22.0. The first-order valence-corrected chi connectivity index (χ1v) is 11.3. The van der Waals surface area contributed by atoms with Crippen molar-refractivity contribution in [2.24, 2.45) is 0 Å². The molecule has 3 aromatic rings. The van der Waals surface area contributed by atoms with Crippen LogP contribution in [-0.4, -0.2) is 38.2 Å². The standard InChI is InChI=1S/C23H26ClN3O2S/c1-14(2)26(15(3)4)21(28)13-30-23-25-20-12-17(24)8-11-19(20)22(29)27(23)18-9-6-16(5)7-10-18/h6-12,14-15H,13H2,1-5H3. The molecule has 0 aliphatic rings. The highest BCUT2D eigenvalue weighted by molar-refractivity contribution is 7.99. The molecule has 0 N–H and O–H groups in total. The predicted molar refractivity (Wildman–Crippen MR) is 125 cm³/mol. The maximum atomic E-state index is 13.3. The van der Waals surface area contributed by atoms with E-state index in [1.54, 1.807) is 22.8 Å². The van der Waals surface area contributed by atoms with Crippen LogP contribution >= 0.6 is 23.4 Å². The van der Waals surface area contributed by atoms with Crippen molar-refractivity contribution in [3.63, 3.8) is 0 Å². The highest BCUT2D eigenvalue weighted by Crippen LogP contribution is 2.24. The number of carbonyl (C=O) groups is 1. The van der Waals surface area contributed by atoms with E-state index in [4.69, 9.17) is 11.6 Å². The number of nitrogens with zero attached hydrogens (tertiary/aromatic N) is 3. The highest BCUT2D eigenvalue weighted by atomic mass is 35.5. The second kappa shape index (κ2) is 9.23. The van der Waals surface area contributed by atoms with Crippen LogP contribution in [0.3, 0.4) is 0 Å². The van der Waals surface area contributed by atoms with Crippen molar-refractivity contribution >= 4 is 40.2 Å². The van der Waals surface area contributed by atoms with Crippen molar-refractivity contribution < 1.29 is 4.79 Å². The first-order valence-electron chi connectivity index (χ1n) is 9.92. The number of hydrogen-bond acceptors (Lipinski definition) is 4. The van der Waals surface area contributed by atoms with Gasteiger partial charge in [-0.3, -0.25) is 14.2 Å². The van der Waals surface area contributed by atoms with Gasteiger partial charge in [0.15, 0.2) is 5.16 Å². The summed E-state index contributed by atoms with van der Waals surface area (Å²) in [5.74, 6) is 0.210. The fourth-order valence-corrected chi connectivity index (χ4v) is 4.58. The van der Waals surface area contributed by atoms with Crippen LogP contribution < -0.4 is 5.56 Å². The molecule has 30 heavy (non-hydrogen) atoms. The van der Waals surface area contributed by atoms with E-state index in [1.807, 2.05) is 63.8 Å². The second-order valence-electron chi connectivity index (χ2n) is 7.81. The molecule has 0 saturated carbocycles. The molecule has 0 aliphatic carbocycles. The van der Waals surface area contributed by atoms with Gasteiger partial charge in [0, 0.05) is 17.1 Å². The molecule has 0 fully saturated rings. The van der Waals surface area contributed by atoms with Gasteiger partial charge in [-0.2, -0.15) is 0 Å². The number of aromatic nitrogens is 2. The van der Waals surface area contributed by atoms with Crippen LogP contribution in [0.2, 0.25) is 5.02 Å². The summed E-state index contributed by atoms with van der Waals surface area (Å²) in [5, 5.41) is 1.47. The van der Waals surface area contributed by atoms with E-state index in [0.29, 0.717) is 21.1 Å². The minimum absolute atomic E-state index is 0.0147. The van der Waals surface area contributed by atoms with Crippen molar-refractivity contribution in [3.8, 4) is 5.69 Å². The smallest absolute Gasteiger partial charge is 0.266 e. The fourth-order valence-electron chi connectivity index (χ4n) is 3.53.